The molecule has 1 aromatic rings. The lowest BCUT2D eigenvalue weighted by molar-refractivity contribution is -0.142. The standard InChI is InChI=1S/C14H19BrF3N3O2/c1-8(10-4-3-7-23-10)19-11(22)5-6-21-9(2)12(15)13(20-21)14(16,17)18/h8,10H,3-7H2,1-2H3,(H,19,22)/t8-,10-/m1/s1. The third kappa shape index (κ3) is 4.47. The molecule has 2 rings (SSSR count). The van der Waals surface area contributed by atoms with Gasteiger partial charge in [-0.2, -0.15) is 18.3 Å². The first-order valence-electron chi connectivity index (χ1n) is 7.41. The number of ether oxygens (including phenoxy) is 1. The number of carbonyl (C=O) groups is 1. The maximum absolute atomic E-state index is 12.8. The van der Waals surface area contributed by atoms with E-state index in [4.69, 9.17) is 4.74 Å². The van der Waals surface area contributed by atoms with Crippen molar-refractivity contribution in [2.45, 2.75) is 58.0 Å². The molecule has 130 valence electrons. The van der Waals surface area contributed by atoms with Crippen LogP contribution < -0.4 is 5.32 Å². The van der Waals surface area contributed by atoms with E-state index < -0.39 is 11.9 Å². The highest BCUT2D eigenvalue weighted by molar-refractivity contribution is 9.10. The second-order valence-corrected chi connectivity index (χ2v) is 6.42. The molecule has 1 amide bonds. The van der Waals surface area contributed by atoms with Crippen LogP contribution in [0.4, 0.5) is 13.2 Å². The first-order chi connectivity index (χ1) is 10.7. The molecule has 0 bridgehead atoms. The van der Waals surface area contributed by atoms with Gasteiger partial charge < -0.3 is 10.1 Å². The fraction of sp³-hybridized carbons (Fsp3) is 0.714. The Morgan fingerprint density at radius 1 is 1.57 bits per heavy atom. The minimum atomic E-state index is -4.52. The number of rotatable bonds is 5. The van der Waals surface area contributed by atoms with Crippen molar-refractivity contribution in [2.75, 3.05) is 6.61 Å². The van der Waals surface area contributed by atoms with Crippen molar-refractivity contribution in [1.29, 1.82) is 0 Å². The van der Waals surface area contributed by atoms with Gasteiger partial charge in [0.1, 0.15) is 0 Å². The summed E-state index contributed by atoms with van der Waals surface area (Å²) < 4.78 is 45.0. The summed E-state index contributed by atoms with van der Waals surface area (Å²) in [5.74, 6) is -0.229. The molecule has 23 heavy (non-hydrogen) atoms. The van der Waals surface area contributed by atoms with Crippen LogP contribution in [0.25, 0.3) is 0 Å². The van der Waals surface area contributed by atoms with Gasteiger partial charge >= 0.3 is 6.18 Å². The van der Waals surface area contributed by atoms with E-state index in [1.165, 1.54) is 11.6 Å². The predicted molar refractivity (Wildman–Crippen MR) is 80.9 cm³/mol. The topological polar surface area (TPSA) is 56.2 Å². The van der Waals surface area contributed by atoms with Gasteiger partial charge in [0.2, 0.25) is 5.91 Å². The molecule has 1 aliphatic rings. The molecule has 9 heteroatoms. The molecule has 0 saturated carbocycles. The van der Waals surface area contributed by atoms with Crippen LogP contribution in [0, 0.1) is 6.92 Å². The maximum Gasteiger partial charge on any atom is 0.436 e. The smallest absolute Gasteiger partial charge is 0.376 e. The molecule has 1 fully saturated rings. The second kappa shape index (κ2) is 7.21. The number of carbonyl (C=O) groups excluding carboxylic acids is 1. The molecule has 0 spiro atoms. The number of nitrogens with one attached hydrogen (secondary N) is 1. The summed E-state index contributed by atoms with van der Waals surface area (Å²) in [6.07, 6.45) is -2.57. The lowest BCUT2D eigenvalue weighted by atomic mass is 10.1. The van der Waals surface area contributed by atoms with Crippen molar-refractivity contribution in [2.24, 2.45) is 0 Å². The Kier molecular flexibility index (Phi) is 5.72. The van der Waals surface area contributed by atoms with E-state index in [1.807, 2.05) is 6.92 Å². The minimum absolute atomic E-state index is 0.0105. The van der Waals surface area contributed by atoms with Crippen LogP contribution in [0.2, 0.25) is 0 Å². The van der Waals surface area contributed by atoms with Crippen LogP contribution in [0.5, 0.6) is 0 Å². The lowest BCUT2D eigenvalue weighted by Gasteiger charge is -2.20. The van der Waals surface area contributed by atoms with E-state index in [0.717, 1.165) is 12.8 Å². The number of aryl methyl sites for hydroxylation is 1. The number of nitrogens with zero attached hydrogens (tertiary/aromatic N) is 2. The number of hydrogen-bond acceptors (Lipinski definition) is 3. The van der Waals surface area contributed by atoms with Crippen LogP contribution in [0.3, 0.4) is 0 Å². The molecule has 0 aliphatic carbocycles. The molecule has 5 nitrogen and oxygen atoms in total. The highest BCUT2D eigenvalue weighted by atomic mass is 79.9. The summed E-state index contributed by atoms with van der Waals surface area (Å²) in [5.41, 5.74) is -0.625. The second-order valence-electron chi connectivity index (χ2n) is 5.63. The Labute approximate surface area is 140 Å². The van der Waals surface area contributed by atoms with Crippen molar-refractivity contribution in [3.05, 3.63) is 15.9 Å². The van der Waals surface area contributed by atoms with Crippen LogP contribution in [-0.4, -0.2) is 34.4 Å². The zero-order chi connectivity index (χ0) is 17.2. The number of hydrogen-bond donors (Lipinski definition) is 1. The van der Waals surface area contributed by atoms with Crippen LogP contribution in [-0.2, 0) is 22.3 Å². The Morgan fingerprint density at radius 3 is 2.78 bits per heavy atom. The molecule has 1 aromatic heterocycles. The van der Waals surface area contributed by atoms with E-state index in [-0.39, 0.29) is 35.5 Å². The van der Waals surface area contributed by atoms with Gasteiger partial charge in [0.25, 0.3) is 0 Å². The van der Waals surface area contributed by atoms with Crippen molar-refractivity contribution >= 4 is 21.8 Å². The van der Waals surface area contributed by atoms with Gasteiger partial charge in [-0.1, -0.05) is 0 Å². The van der Waals surface area contributed by atoms with E-state index in [9.17, 15) is 18.0 Å². The highest BCUT2D eigenvalue weighted by Gasteiger charge is 2.37. The quantitative estimate of drug-likeness (QED) is 0.830. The van der Waals surface area contributed by atoms with Gasteiger partial charge in [-0.3, -0.25) is 9.48 Å². The molecule has 0 aromatic carbocycles. The Bertz CT molecular complexity index is 568. The normalized spacial score (nSPS) is 19.8. The number of alkyl halides is 3. The molecule has 1 aliphatic heterocycles. The summed E-state index contributed by atoms with van der Waals surface area (Å²) in [7, 11) is 0. The average molecular weight is 398 g/mol. The third-order valence-corrected chi connectivity index (χ3v) is 4.81. The Hall–Kier alpha value is -1.09. The SMILES string of the molecule is Cc1c(Br)c(C(F)(F)F)nn1CCC(=O)N[C@H](C)[C@H]1CCCO1. The van der Waals surface area contributed by atoms with Crippen molar-refractivity contribution in [3.8, 4) is 0 Å². The first kappa shape index (κ1) is 18.3. The van der Waals surface area contributed by atoms with Crippen molar-refractivity contribution in [1.82, 2.24) is 15.1 Å². The summed E-state index contributed by atoms with van der Waals surface area (Å²) in [4.78, 5) is 11.9. The van der Waals surface area contributed by atoms with Gasteiger partial charge in [-0.25, -0.2) is 0 Å². The van der Waals surface area contributed by atoms with Gasteiger partial charge in [-0.05, 0) is 42.6 Å². The fourth-order valence-electron chi connectivity index (χ4n) is 2.55. The largest absolute Gasteiger partial charge is 0.436 e. The monoisotopic (exact) mass is 397 g/mol. The van der Waals surface area contributed by atoms with Crippen molar-refractivity contribution < 1.29 is 22.7 Å². The zero-order valence-electron chi connectivity index (χ0n) is 12.9. The summed E-state index contributed by atoms with van der Waals surface area (Å²) in [5, 5.41) is 6.37. The first-order valence-corrected chi connectivity index (χ1v) is 8.20. The fourth-order valence-corrected chi connectivity index (χ4v) is 3.06. The van der Waals surface area contributed by atoms with Gasteiger partial charge in [-0.15, -0.1) is 0 Å². The zero-order valence-corrected chi connectivity index (χ0v) is 14.5. The predicted octanol–water partition coefficient (Wildman–Crippen LogP) is 3.05. The lowest BCUT2D eigenvalue weighted by Crippen LogP contribution is -2.41. The molecular formula is C14H19BrF3N3O2. The van der Waals surface area contributed by atoms with E-state index >= 15 is 0 Å². The highest BCUT2D eigenvalue weighted by Crippen LogP contribution is 2.35. The Balaban J connectivity index is 1.91. The number of halogens is 4. The minimum Gasteiger partial charge on any atom is -0.376 e. The van der Waals surface area contributed by atoms with Crippen LogP contribution >= 0.6 is 15.9 Å². The molecule has 0 radical (unpaired) electrons. The average Bonchev–Trinajstić information content (AvgIpc) is 3.07. The van der Waals surface area contributed by atoms with Gasteiger partial charge in [0.05, 0.1) is 28.9 Å². The number of aromatic nitrogens is 2. The summed E-state index contributed by atoms with van der Waals surface area (Å²) in [6, 6.07) is -0.110. The maximum atomic E-state index is 12.8. The van der Waals surface area contributed by atoms with Gasteiger partial charge in [0, 0.05) is 13.0 Å². The molecule has 0 unspecified atom stereocenters. The summed E-state index contributed by atoms with van der Waals surface area (Å²) >= 11 is 2.91. The molecule has 1 N–H and O–H groups in total. The van der Waals surface area contributed by atoms with E-state index in [2.05, 4.69) is 26.3 Å². The van der Waals surface area contributed by atoms with Crippen LogP contribution in [0.1, 0.15) is 37.6 Å². The number of amides is 1. The van der Waals surface area contributed by atoms with E-state index in [0.29, 0.717) is 12.3 Å². The molecular weight excluding hydrogens is 379 g/mol. The summed E-state index contributed by atoms with van der Waals surface area (Å²) in [6.45, 7) is 4.18. The molecule has 2 heterocycles. The Morgan fingerprint density at radius 2 is 2.26 bits per heavy atom. The van der Waals surface area contributed by atoms with Crippen molar-refractivity contribution in [3.63, 3.8) is 0 Å². The molecule has 2 atom stereocenters. The van der Waals surface area contributed by atoms with Crippen LogP contribution in [0.15, 0.2) is 4.47 Å². The molecule has 1 saturated heterocycles. The van der Waals surface area contributed by atoms with Gasteiger partial charge in [0.15, 0.2) is 5.69 Å². The third-order valence-electron chi connectivity index (χ3n) is 3.86. The van der Waals surface area contributed by atoms with E-state index in [1.54, 1.807) is 0 Å².